The van der Waals surface area contributed by atoms with Crippen molar-refractivity contribution in [2.45, 2.75) is 20.3 Å². The summed E-state index contributed by atoms with van der Waals surface area (Å²) in [6.45, 7) is 4.32. The van der Waals surface area contributed by atoms with Gasteiger partial charge >= 0.3 is 0 Å². The minimum Gasteiger partial charge on any atom is -0.468 e. The first-order valence-electron chi connectivity index (χ1n) is 22.2. The van der Waals surface area contributed by atoms with Crippen molar-refractivity contribution in [3.8, 4) is 0 Å². The number of hydrogen-bond donors (Lipinski definition) is 0. The highest BCUT2D eigenvalue weighted by molar-refractivity contribution is 7.00. The quantitative estimate of drug-likeness (QED) is 0.131. The molecule has 0 radical (unpaired) electrons. The standard InChI is InChI=1S/C59H39BN2O/c1-3-36-27-30-51-50(33-36)60-57-53(61(51)37-28-29-45-40-16-5-4-14-38(40)39-15-7-9-20-44(39)48(45)34-37)24-13-25-54(57)62(58-49-32-35(2)26-31-55(49)63-59(58)60)52-23-12-22-47-43-18-8-6-17-41(43)42-19-10-11-21-46(42)56(47)52/h4-34H,3H2,1-2H3. The third-order valence-electron chi connectivity index (χ3n) is 14.2. The summed E-state index contributed by atoms with van der Waals surface area (Å²) in [6, 6.07) is 70.2. The van der Waals surface area contributed by atoms with Gasteiger partial charge in [-0.15, -0.1) is 0 Å². The second-order valence-electron chi connectivity index (χ2n) is 17.5. The van der Waals surface area contributed by atoms with E-state index in [1.54, 1.807) is 0 Å². The molecular weight excluding hydrogens is 763 g/mol. The van der Waals surface area contributed by atoms with Gasteiger partial charge in [-0.3, -0.25) is 0 Å². The Hall–Kier alpha value is -7.82. The van der Waals surface area contributed by atoms with Crippen LogP contribution in [0.4, 0.5) is 34.1 Å². The van der Waals surface area contributed by atoms with E-state index in [2.05, 4.69) is 212 Å². The van der Waals surface area contributed by atoms with Gasteiger partial charge < -0.3 is 14.2 Å². The molecule has 0 amide bonds. The van der Waals surface area contributed by atoms with Crippen LogP contribution in [0.25, 0.3) is 75.6 Å². The van der Waals surface area contributed by atoms with Crippen molar-refractivity contribution in [2.75, 3.05) is 9.80 Å². The average Bonchev–Trinajstić information content (AvgIpc) is 3.71. The van der Waals surface area contributed by atoms with Crippen LogP contribution < -0.4 is 26.4 Å². The lowest BCUT2D eigenvalue weighted by Crippen LogP contribution is -2.61. The molecule has 294 valence electrons. The van der Waals surface area contributed by atoms with Crippen LogP contribution in [0.3, 0.4) is 0 Å². The summed E-state index contributed by atoms with van der Waals surface area (Å²) >= 11 is 0. The van der Waals surface area contributed by atoms with Gasteiger partial charge in [-0.1, -0.05) is 152 Å². The van der Waals surface area contributed by atoms with Crippen molar-refractivity contribution in [1.29, 1.82) is 0 Å². The van der Waals surface area contributed by atoms with Gasteiger partial charge in [-0.05, 0) is 138 Å². The zero-order chi connectivity index (χ0) is 41.5. The van der Waals surface area contributed by atoms with Crippen LogP contribution in [-0.2, 0) is 6.42 Å². The predicted octanol–water partition coefficient (Wildman–Crippen LogP) is 14.3. The van der Waals surface area contributed by atoms with Gasteiger partial charge in [0.2, 0.25) is 0 Å². The van der Waals surface area contributed by atoms with Crippen LogP contribution in [-0.4, -0.2) is 6.71 Å². The fourth-order valence-electron chi connectivity index (χ4n) is 11.5. The smallest absolute Gasteiger partial charge is 0.297 e. The Morgan fingerprint density at radius 3 is 1.62 bits per heavy atom. The highest BCUT2D eigenvalue weighted by atomic mass is 16.3. The van der Waals surface area contributed by atoms with Crippen molar-refractivity contribution >= 4 is 133 Å². The first kappa shape index (κ1) is 34.8. The van der Waals surface area contributed by atoms with E-state index in [0.717, 1.165) is 40.1 Å². The SMILES string of the molecule is CCc1ccc2c(c1)B1c3oc4ccc(C)cc4c3N(c3cccc4c5ccccc5c5ccccc5c34)c3cccc(c31)N2c1ccc2c3ccccc3c3ccccc3c2c1. The fraction of sp³-hybridized carbons (Fsp3) is 0.0508. The number of fused-ring (bicyclic) bond motifs is 18. The minimum atomic E-state index is -0.120. The molecule has 0 fully saturated rings. The highest BCUT2D eigenvalue weighted by Crippen LogP contribution is 2.50. The Bertz CT molecular complexity index is 3880. The van der Waals surface area contributed by atoms with Crippen LogP contribution in [0.15, 0.2) is 192 Å². The molecule has 3 nitrogen and oxygen atoms in total. The lowest BCUT2D eigenvalue weighted by Gasteiger charge is -2.42. The van der Waals surface area contributed by atoms with Gasteiger partial charge in [0.25, 0.3) is 6.71 Å². The van der Waals surface area contributed by atoms with Gasteiger partial charge in [0, 0.05) is 33.5 Å². The Morgan fingerprint density at radius 1 is 0.429 bits per heavy atom. The molecule has 2 aliphatic rings. The van der Waals surface area contributed by atoms with Crippen molar-refractivity contribution in [3.63, 3.8) is 0 Å². The van der Waals surface area contributed by atoms with E-state index in [1.807, 2.05) is 0 Å². The van der Waals surface area contributed by atoms with Crippen LogP contribution in [0.5, 0.6) is 0 Å². The molecule has 0 atom stereocenters. The number of nitrogens with zero attached hydrogens (tertiary/aromatic N) is 2. The summed E-state index contributed by atoms with van der Waals surface area (Å²) < 4.78 is 7.27. The monoisotopic (exact) mass is 802 g/mol. The summed E-state index contributed by atoms with van der Waals surface area (Å²) in [5, 5.41) is 16.3. The third-order valence-corrected chi connectivity index (χ3v) is 14.2. The number of hydrogen-bond acceptors (Lipinski definition) is 3. The largest absolute Gasteiger partial charge is 0.468 e. The summed E-state index contributed by atoms with van der Waals surface area (Å²) in [4.78, 5) is 5.07. The van der Waals surface area contributed by atoms with E-state index < -0.39 is 0 Å². The number of furan rings is 1. The van der Waals surface area contributed by atoms with Crippen LogP contribution in [0.2, 0.25) is 0 Å². The molecule has 0 N–H and O–H groups in total. The molecule has 0 saturated carbocycles. The molecule has 0 unspecified atom stereocenters. The van der Waals surface area contributed by atoms with Gasteiger partial charge in [0.05, 0.1) is 17.0 Å². The highest BCUT2D eigenvalue weighted by Gasteiger charge is 2.47. The van der Waals surface area contributed by atoms with Crippen molar-refractivity contribution < 1.29 is 4.42 Å². The van der Waals surface area contributed by atoms with E-state index in [9.17, 15) is 0 Å². The summed E-state index contributed by atoms with van der Waals surface area (Å²) in [7, 11) is 0. The number of benzene rings is 11. The van der Waals surface area contributed by atoms with Gasteiger partial charge in [-0.2, -0.15) is 0 Å². The average molecular weight is 803 g/mol. The summed E-state index contributed by atoms with van der Waals surface area (Å²) in [6.07, 6.45) is 0.943. The van der Waals surface area contributed by atoms with Crippen molar-refractivity contribution in [3.05, 3.63) is 199 Å². The van der Waals surface area contributed by atoms with E-state index in [-0.39, 0.29) is 6.71 Å². The Balaban J connectivity index is 1.11. The fourth-order valence-corrected chi connectivity index (χ4v) is 11.5. The molecule has 0 saturated heterocycles. The zero-order valence-electron chi connectivity index (χ0n) is 35.0. The molecule has 3 heterocycles. The van der Waals surface area contributed by atoms with E-state index in [1.165, 1.54) is 104 Å². The lowest BCUT2D eigenvalue weighted by molar-refractivity contribution is 0.651. The maximum absolute atomic E-state index is 7.27. The van der Waals surface area contributed by atoms with Crippen LogP contribution in [0, 0.1) is 6.92 Å². The van der Waals surface area contributed by atoms with Crippen molar-refractivity contribution in [1.82, 2.24) is 0 Å². The van der Waals surface area contributed by atoms with Crippen molar-refractivity contribution in [2.24, 2.45) is 0 Å². The topological polar surface area (TPSA) is 19.6 Å². The molecule has 0 spiro atoms. The number of aryl methyl sites for hydroxylation is 2. The van der Waals surface area contributed by atoms with Crippen LogP contribution in [0.1, 0.15) is 18.1 Å². The second-order valence-corrected chi connectivity index (χ2v) is 17.5. The minimum absolute atomic E-state index is 0.120. The van der Waals surface area contributed by atoms with E-state index >= 15 is 0 Å². The molecular formula is C59H39BN2O. The maximum atomic E-state index is 7.27. The van der Waals surface area contributed by atoms with Gasteiger partial charge in [-0.25, -0.2) is 0 Å². The number of anilines is 6. The van der Waals surface area contributed by atoms with Gasteiger partial charge in [0.1, 0.15) is 5.58 Å². The first-order chi connectivity index (χ1) is 31.1. The van der Waals surface area contributed by atoms with E-state index in [0.29, 0.717) is 0 Å². The number of rotatable bonds is 3. The Morgan fingerprint density at radius 2 is 0.968 bits per heavy atom. The maximum Gasteiger partial charge on any atom is 0.297 e. The lowest BCUT2D eigenvalue weighted by atomic mass is 9.35. The Labute approximate surface area is 365 Å². The molecule has 4 heteroatoms. The third kappa shape index (κ3) is 4.70. The molecule has 12 aromatic rings. The van der Waals surface area contributed by atoms with Gasteiger partial charge in [0.15, 0.2) is 0 Å². The van der Waals surface area contributed by atoms with Crippen LogP contribution >= 0.6 is 0 Å². The summed E-state index contributed by atoms with van der Waals surface area (Å²) in [5.41, 5.74) is 13.9. The molecule has 0 aliphatic carbocycles. The summed E-state index contributed by atoms with van der Waals surface area (Å²) in [5.74, 6) is 0. The molecule has 14 rings (SSSR count). The van der Waals surface area contributed by atoms with E-state index in [4.69, 9.17) is 4.42 Å². The second kappa shape index (κ2) is 12.9. The molecule has 0 bridgehead atoms. The molecule has 63 heavy (non-hydrogen) atoms. The first-order valence-corrected chi connectivity index (χ1v) is 22.2. The molecule has 2 aliphatic heterocycles. The Kier molecular flexibility index (Phi) is 7.11. The predicted molar refractivity (Wildman–Crippen MR) is 269 cm³/mol. The normalized spacial score (nSPS) is 13.2. The molecule has 1 aromatic heterocycles. The zero-order valence-corrected chi connectivity index (χ0v) is 35.0. The molecule has 11 aromatic carbocycles.